The minimum atomic E-state index is -0.290. The summed E-state index contributed by atoms with van der Waals surface area (Å²) in [6.45, 7) is 0.874. The molecule has 0 aliphatic carbocycles. The average molecular weight is 342 g/mol. The zero-order valence-corrected chi connectivity index (χ0v) is 14.4. The summed E-state index contributed by atoms with van der Waals surface area (Å²) in [6, 6.07) is 13.3. The maximum Gasteiger partial charge on any atom is 0.410 e. The van der Waals surface area contributed by atoms with Gasteiger partial charge in [-0.25, -0.2) is 4.79 Å². The number of carbonyl (C=O) groups excluding carboxylic acids is 1. The fourth-order valence-electron chi connectivity index (χ4n) is 2.95. The van der Waals surface area contributed by atoms with Gasteiger partial charge in [0.25, 0.3) is 0 Å². The molecule has 132 valence electrons. The molecule has 25 heavy (non-hydrogen) atoms. The third-order valence-electron chi connectivity index (χ3n) is 4.33. The van der Waals surface area contributed by atoms with Crippen LogP contribution in [0.25, 0.3) is 0 Å². The molecule has 1 aliphatic heterocycles. The monoisotopic (exact) mass is 342 g/mol. The predicted molar refractivity (Wildman–Crippen MR) is 94.8 cm³/mol. The molecule has 1 amide bonds. The molecular weight excluding hydrogens is 320 g/mol. The Kier molecular flexibility index (Phi) is 4.97. The van der Waals surface area contributed by atoms with E-state index < -0.39 is 0 Å². The number of hydrogen-bond donors (Lipinski definition) is 1. The van der Waals surface area contributed by atoms with Crippen LogP contribution in [0.15, 0.2) is 42.5 Å². The van der Waals surface area contributed by atoms with Crippen LogP contribution >= 0.6 is 0 Å². The lowest BCUT2D eigenvalue weighted by molar-refractivity contribution is 0.156. The lowest BCUT2D eigenvalue weighted by atomic mass is 10.0. The third kappa shape index (κ3) is 3.79. The fraction of sp³-hybridized carbons (Fsp3) is 0.316. The quantitative estimate of drug-likeness (QED) is 0.817. The number of methoxy groups -OCH3 is 2. The van der Waals surface area contributed by atoms with Crippen molar-refractivity contribution in [1.29, 1.82) is 0 Å². The van der Waals surface area contributed by atoms with Crippen LogP contribution in [-0.2, 0) is 17.7 Å². The van der Waals surface area contributed by atoms with Crippen LogP contribution in [0.1, 0.15) is 11.1 Å². The molecule has 2 aromatic carbocycles. The van der Waals surface area contributed by atoms with Crippen molar-refractivity contribution in [1.82, 2.24) is 4.90 Å². The minimum Gasteiger partial charge on any atom is -0.493 e. The molecule has 1 atom stereocenters. The summed E-state index contributed by atoms with van der Waals surface area (Å²) < 4.78 is 15.9. The first-order valence-corrected chi connectivity index (χ1v) is 8.09. The molecule has 0 aromatic heterocycles. The van der Waals surface area contributed by atoms with E-state index in [1.165, 1.54) is 0 Å². The van der Waals surface area contributed by atoms with Gasteiger partial charge >= 0.3 is 6.09 Å². The molecule has 3 rings (SSSR count). The molecule has 0 bridgehead atoms. The van der Waals surface area contributed by atoms with Crippen molar-refractivity contribution in [3.8, 4) is 11.5 Å². The number of rotatable bonds is 6. The van der Waals surface area contributed by atoms with Crippen molar-refractivity contribution in [3.63, 3.8) is 0 Å². The Balaban J connectivity index is 1.74. The van der Waals surface area contributed by atoms with E-state index in [-0.39, 0.29) is 12.1 Å². The molecule has 6 heteroatoms. The summed E-state index contributed by atoms with van der Waals surface area (Å²) in [5.41, 5.74) is 8.50. The summed E-state index contributed by atoms with van der Waals surface area (Å²) in [5.74, 6) is 1.36. The molecule has 2 aromatic rings. The van der Waals surface area contributed by atoms with Crippen molar-refractivity contribution < 1.29 is 19.0 Å². The Hall–Kier alpha value is -2.89. The smallest absolute Gasteiger partial charge is 0.410 e. The van der Waals surface area contributed by atoms with Crippen molar-refractivity contribution >= 4 is 11.8 Å². The number of hydrogen-bond acceptors (Lipinski definition) is 5. The molecule has 1 unspecified atom stereocenters. The normalized spacial score (nSPS) is 16.6. The predicted octanol–water partition coefficient (Wildman–Crippen LogP) is 2.85. The highest BCUT2D eigenvalue weighted by Gasteiger charge is 2.33. The molecule has 0 saturated carbocycles. The largest absolute Gasteiger partial charge is 0.493 e. The molecule has 1 aliphatic rings. The van der Waals surface area contributed by atoms with E-state index in [0.717, 1.165) is 11.1 Å². The van der Waals surface area contributed by atoms with Gasteiger partial charge in [0, 0.05) is 12.2 Å². The van der Waals surface area contributed by atoms with E-state index in [9.17, 15) is 4.79 Å². The molecule has 1 fully saturated rings. The highest BCUT2D eigenvalue weighted by Crippen LogP contribution is 2.29. The Bertz CT molecular complexity index is 746. The van der Waals surface area contributed by atoms with Crippen LogP contribution in [0, 0.1) is 0 Å². The summed E-state index contributed by atoms with van der Waals surface area (Å²) in [5, 5.41) is 0. The number of ether oxygens (including phenoxy) is 3. The van der Waals surface area contributed by atoms with E-state index in [2.05, 4.69) is 0 Å². The standard InChI is InChI=1S/C19H22N2O4/c1-23-17-8-5-14(10-18(17)24-2)9-16-12-25-19(22)21(16)11-13-3-6-15(20)7-4-13/h3-8,10,16H,9,11-12,20H2,1-2H3. The fourth-order valence-corrected chi connectivity index (χ4v) is 2.95. The number of nitrogens with zero attached hydrogens (tertiary/aromatic N) is 1. The Morgan fingerprint density at radius 2 is 1.76 bits per heavy atom. The lowest BCUT2D eigenvalue weighted by Crippen LogP contribution is -2.34. The first kappa shape index (κ1) is 17.0. The van der Waals surface area contributed by atoms with Gasteiger partial charge in [-0.15, -0.1) is 0 Å². The maximum atomic E-state index is 12.1. The van der Waals surface area contributed by atoms with E-state index in [1.807, 2.05) is 42.5 Å². The third-order valence-corrected chi connectivity index (χ3v) is 4.33. The zero-order valence-electron chi connectivity index (χ0n) is 14.4. The van der Waals surface area contributed by atoms with Gasteiger partial charge in [-0.05, 0) is 41.8 Å². The van der Waals surface area contributed by atoms with Crippen LogP contribution in [0.3, 0.4) is 0 Å². The second-order valence-corrected chi connectivity index (χ2v) is 5.99. The first-order chi connectivity index (χ1) is 12.1. The summed E-state index contributed by atoms with van der Waals surface area (Å²) in [7, 11) is 3.21. The van der Waals surface area contributed by atoms with Gasteiger partial charge in [0.1, 0.15) is 6.61 Å². The molecule has 6 nitrogen and oxygen atoms in total. The minimum absolute atomic E-state index is 0.0249. The molecule has 0 radical (unpaired) electrons. The van der Waals surface area contributed by atoms with Crippen LogP contribution in [-0.4, -0.2) is 37.9 Å². The maximum absolute atomic E-state index is 12.1. The van der Waals surface area contributed by atoms with Crippen molar-refractivity contribution in [3.05, 3.63) is 53.6 Å². The number of benzene rings is 2. The molecule has 2 N–H and O–H groups in total. The van der Waals surface area contributed by atoms with Gasteiger partial charge in [-0.1, -0.05) is 18.2 Å². The summed E-state index contributed by atoms with van der Waals surface area (Å²) in [6.07, 6.45) is 0.392. The highest BCUT2D eigenvalue weighted by molar-refractivity contribution is 5.70. The van der Waals surface area contributed by atoms with Gasteiger partial charge in [-0.2, -0.15) is 0 Å². The SMILES string of the molecule is COc1ccc(CC2COC(=O)N2Cc2ccc(N)cc2)cc1OC. The van der Waals surface area contributed by atoms with Gasteiger partial charge < -0.3 is 19.9 Å². The number of carbonyl (C=O) groups is 1. The summed E-state index contributed by atoms with van der Waals surface area (Å²) in [4.78, 5) is 13.9. The first-order valence-electron chi connectivity index (χ1n) is 8.09. The van der Waals surface area contributed by atoms with Crippen LogP contribution < -0.4 is 15.2 Å². The van der Waals surface area contributed by atoms with Gasteiger partial charge in [0.05, 0.1) is 20.3 Å². The van der Waals surface area contributed by atoms with Crippen molar-refractivity contribution in [2.24, 2.45) is 0 Å². The van der Waals surface area contributed by atoms with Crippen LogP contribution in [0.5, 0.6) is 11.5 Å². The van der Waals surface area contributed by atoms with Crippen LogP contribution in [0.2, 0.25) is 0 Å². The van der Waals surface area contributed by atoms with Crippen molar-refractivity contribution in [2.75, 3.05) is 26.6 Å². The van der Waals surface area contributed by atoms with Gasteiger partial charge in [0.2, 0.25) is 0 Å². The second kappa shape index (κ2) is 7.34. The number of cyclic esters (lactones) is 1. The number of anilines is 1. The van der Waals surface area contributed by atoms with E-state index in [4.69, 9.17) is 19.9 Å². The second-order valence-electron chi connectivity index (χ2n) is 5.99. The summed E-state index contributed by atoms with van der Waals surface area (Å²) >= 11 is 0. The topological polar surface area (TPSA) is 74.0 Å². The van der Waals surface area contributed by atoms with Gasteiger partial charge in [0.15, 0.2) is 11.5 Å². The molecular formula is C19H22N2O4. The number of amides is 1. The number of nitrogen functional groups attached to an aromatic ring is 1. The molecule has 1 heterocycles. The van der Waals surface area contributed by atoms with E-state index in [0.29, 0.717) is 36.8 Å². The van der Waals surface area contributed by atoms with E-state index in [1.54, 1.807) is 19.1 Å². The average Bonchev–Trinajstić information content (AvgIpc) is 2.96. The Labute approximate surface area is 147 Å². The van der Waals surface area contributed by atoms with Gasteiger partial charge in [-0.3, -0.25) is 4.90 Å². The Morgan fingerprint density at radius 3 is 2.44 bits per heavy atom. The highest BCUT2D eigenvalue weighted by atomic mass is 16.6. The van der Waals surface area contributed by atoms with Crippen molar-refractivity contribution in [2.45, 2.75) is 19.0 Å². The molecule has 1 saturated heterocycles. The Morgan fingerprint density at radius 1 is 1.08 bits per heavy atom. The molecule has 0 spiro atoms. The number of nitrogens with two attached hydrogens (primary N) is 1. The lowest BCUT2D eigenvalue weighted by Gasteiger charge is -2.22. The van der Waals surface area contributed by atoms with E-state index >= 15 is 0 Å². The zero-order chi connectivity index (χ0) is 17.8. The van der Waals surface area contributed by atoms with Crippen LogP contribution in [0.4, 0.5) is 10.5 Å².